The fraction of sp³-hybridized carbons (Fsp3) is 0.233. The number of methoxy groups -OCH3 is 2. The molecule has 0 aromatic heterocycles. The lowest BCUT2D eigenvalue weighted by Gasteiger charge is -2.35. The number of carbonyl (C=O) groups is 3. The molecule has 1 N–H and O–H groups in total. The average molecular weight is 510 g/mol. The van der Waals surface area contributed by atoms with Gasteiger partial charge in [-0.1, -0.05) is 36.4 Å². The summed E-state index contributed by atoms with van der Waals surface area (Å²) in [6.45, 7) is 0.145. The van der Waals surface area contributed by atoms with Crippen molar-refractivity contribution in [1.29, 1.82) is 0 Å². The minimum Gasteiger partial charge on any atom is -0.497 e. The minimum absolute atomic E-state index is 0.145. The predicted molar refractivity (Wildman–Crippen MR) is 141 cm³/mol. The second-order valence-electron chi connectivity index (χ2n) is 9.66. The highest BCUT2D eigenvalue weighted by Gasteiger charge is 2.64. The summed E-state index contributed by atoms with van der Waals surface area (Å²) in [6, 6.07) is 20.9. The Kier molecular flexibility index (Phi) is 5.87. The third-order valence-electron chi connectivity index (χ3n) is 7.68. The van der Waals surface area contributed by atoms with Crippen molar-refractivity contribution >= 4 is 29.5 Å². The molecule has 6 rings (SSSR count). The van der Waals surface area contributed by atoms with Crippen molar-refractivity contribution in [3.63, 3.8) is 0 Å². The number of ether oxygens (including phenoxy) is 2. The summed E-state index contributed by atoms with van der Waals surface area (Å²) in [5.74, 6) is -1.02. The number of fused-ring (bicyclic) bond motifs is 5. The van der Waals surface area contributed by atoms with Crippen LogP contribution in [0.3, 0.4) is 0 Å². The number of amides is 3. The average Bonchev–Trinajstić information content (AvgIpc) is 3.42. The quantitative estimate of drug-likeness (QED) is 0.508. The lowest BCUT2D eigenvalue weighted by molar-refractivity contribution is -0.143. The van der Waals surface area contributed by atoms with Gasteiger partial charge in [0, 0.05) is 11.9 Å². The van der Waals surface area contributed by atoms with E-state index in [4.69, 9.17) is 9.47 Å². The topological polar surface area (TPSA) is 88.2 Å². The molecule has 0 spiro atoms. The minimum atomic E-state index is -0.839. The number of hydrogen-bond acceptors (Lipinski definition) is 6. The molecular weight excluding hydrogens is 482 g/mol. The van der Waals surface area contributed by atoms with Crippen molar-refractivity contribution in [1.82, 2.24) is 9.80 Å². The van der Waals surface area contributed by atoms with E-state index in [9.17, 15) is 14.4 Å². The van der Waals surface area contributed by atoms with E-state index < -0.39 is 23.9 Å². The van der Waals surface area contributed by atoms with Gasteiger partial charge in [0.1, 0.15) is 17.5 Å². The first-order valence-corrected chi connectivity index (χ1v) is 12.5. The molecule has 0 unspecified atom stereocenters. The molecule has 38 heavy (non-hydrogen) atoms. The summed E-state index contributed by atoms with van der Waals surface area (Å²) in [6.07, 6.45) is 3.78. The Morgan fingerprint density at radius 3 is 2.16 bits per heavy atom. The van der Waals surface area contributed by atoms with E-state index in [2.05, 4.69) is 5.32 Å². The zero-order valence-electron chi connectivity index (χ0n) is 21.0. The maximum Gasteiger partial charge on any atom is 0.247 e. The van der Waals surface area contributed by atoms with Crippen LogP contribution in [0.2, 0.25) is 0 Å². The van der Waals surface area contributed by atoms with Crippen LogP contribution in [0, 0.1) is 11.8 Å². The number of benzene rings is 3. The zero-order chi connectivity index (χ0) is 26.4. The van der Waals surface area contributed by atoms with Gasteiger partial charge in [-0.05, 0) is 59.2 Å². The number of likely N-dealkylation sites (tertiary alicyclic amines) is 1. The van der Waals surface area contributed by atoms with Crippen molar-refractivity contribution in [2.75, 3.05) is 19.5 Å². The van der Waals surface area contributed by atoms with Gasteiger partial charge < -0.3 is 19.7 Å². The Morgan fingerprint density at radius 1 is 0.842 bits per heavy atom. The number of rotatable bonds is 6. The van der Waals surface area contributed by atoms with Gasteiger partial charge in [0.15, 0.2) is 0 Å². The SMILES string of the molecule is COc1ccc(CN2C(=O)[C@@H]3[C@@H](C2=O)[C@@H]2c4ccccc4C=CN2[C@@H]3C(=O)Nc2ccc(OC)cc2)cc1. The van der Waals surface area contributed by atoms with Crippen molar-refractivity contribution in [3.8, 4) is 11.5 Å². The Bertz CT molecular complexity index is 1430. The van der Waals surface area contributed by atoms with E-state index in [0.717, 1.165) is 16.7 Å². The second-order valence-corrected chi connectivity index (χ2v) is 9.66. The number of imide groups is 1. The summed E-state index contributed by atoms with van der Waals surface area (Å²) in [5, 5.41) is 2.95. The van der Waals surface area contributed by atoms with Gasteiger partial charge in [-0.15, -0.1) is 0 Å². The molecule has 0 bridgehead atoms. The highest BCUT2D eigenvalue weighted by atomic mass is 16.5. The van der Waals surface area contributed by atoms with Crippen LogP contribution in [0.25, 0.3) is 6.08 Å². The molecule has 8 nitrogen and oxygen atoms in total. The number of anilines is 1. The standard InChI is InChI=1S/C30H27N3O5/c1-37-21-11-7-18(8-12-21)17-33-29(35)24-25(30(33)36)27(28(34)31-20-9-13-22(38-2)14-10-20)32-16-15-19-5-3-4-6-23(19)26(24)32/h3-16,24-27H,17H2,1-2H3,(H,31,34)/t24-,25-,26+,27+/m1/s1. The van der Waals surface area contributed by atoms with Crippen molar-refractivity contribution in [2.24, 2.45) is 11.8 Å². The summed E-state index contributed by atoms with van der Waals surface area (Å²) < 4.78 is 10.4. The van der Waals surface area contributed by atoms with Crippen LogP contribution in [-0.4, -0.2) is 47.8 Å². The lowest BCUT2D eigenvalue weighted by Crippen LogP contribution is -2.46. The molecule has 3 heterocycles. The maximum atomic E-state index is 13.9. The summed E-state index contributed by atoms with van der Waals surface area (Å²) in [7, 11) is 3.16. The molecular formula is C30H27N3O5. The predicted octanol–water partition coefficient (Wildman–Crippen LogP) is 3.85. The van der Waals surface area contributed by atoms with E-state index in [0.29, 0.717) is 17.2 Å². The van der Waals surface area contributed by atoms with Crippen LogP contribution in [-0.2, 0) is 20.9 Å². The van der Waals surface area contributed by atoms with E-state index in [-0.39, 0.29) is 24.3 Å². The fourth-order valence-corrected chi connectivity index (χ4v) is 5.88. The number of nitrogens with one attached hydrogen (secondary N) is 1. The third kappa shape index (κ3) is 3.80. The van der Waals surface area contributed by atoms with Gasteiger partial charge in [0.2, 0.25) is 17.7 Å². The molecule has 0 radical (unpaired) electrons. The van der Waals surface area contributed by atoms with Crippen LogP contribution in [0.1, 0.15) is 22.7 Å². The van der Waals surface area contributed by atoms with E-state index in [1.165, 1.54) is 4.90 Å². The first-order valence-electron chi connectivity index (χ1n) is 12.5. The molecule has 4 atom stereocenters. The number of carbonyl (C=O) groups excluding carboxylic acids is 3. The first kappa shape index (κ1) is 23.8. The van der Waals surface area contributed by atoms with Crippen LogP contribution in [0.4, 0.5) is 5.69 Å². The zero-order valence-corrected chi connectivity index (χ0v) is 21.0. The van der Waals surface area contributed by atoms with Crippen LogP contribution in [0.15, 0.2) is 79.0 Å². The molecule has 0 saturated carbocycles. The maximum absolute atomic E-state index is 13.9. The Labute approximate surface area is 220 Å². The molecule has 0 aliphatic carbocycles. The van der Waals surface area contributed by atoms with Gasteiger partial charge in [-0.2, -0.15) is 0 Å². The molecule has 2 fully saturated rings. The monoisotopic (exact) mass is 509 g/mol. The highest BCUT2D eigenvalue weighted by molar-refractivity contribution is 6.10. The Morgan fingerprint density at radius 2 is 1.47 bits per heavy atom. The second kappa shape index (κ2) is 9.37. The summed E-state index contributed by atoms with van der Waals surface area (Å²) in [4.78, 5) is 44.7. The normalized spacial score (nSPS) is 23.1. The largest absolute Gasteiger partial charge is 0.497 e. The molecule has 3 aliphatic heterocycles. The highest BCUT2D eigenvalue weighted by Crippen LogP contribution is 2.52. The number of nitrogens with zero attached hydrogens (tertiary/aromatic N) is 2. The molecule has 3 aromatic carbocycles. The first-order chi connectivity index (χ1) is 18.5. The van der Waals surface area contributed by atoms with Gasteiger partial charge >= 0.3 is 0 Å². The smallest absolute Gasteiger partial charge is 0.247 e. The Hall–Kier alpha value is -4.59. The van der Waals surface area contributed by atoms with E-state index in [1.54, 1.807) is 50.6 Å². The van der Waals surface area contributed by atoms with Crippen molar-refractivity contribution < 1.29 is 23.9 Å². The van der Waals surface area contributed by atoms with Crippen LogP contribution in [0.5, 0.6) is 11.5 Å². The summed E-state index contributed by atoms with van der Waals surface area (Å²) >= 11 is 0. The number of hydrogen-bond donors (Lipinski definition) is 1. The van der Waals surface area contributed by atoms with Crippen molar-refractivity contribution in [3.05, 3.63) is 95.7 Å². The lowest BCUT2D eigenvalue weighted by atomic mass is 9.84. The van der Waals surface area contributed by atoms with Gasteiger partial charge in [-0.3, -0.25) is 19.3 Å². The molecule has 2 saturated heterocycles. The molecule has 192 valence electrons. The van der Waals surface area contributed by atoms with Crippen LogP contribution >= 0.6 is 0 Å². The summed E-state index contributed by atoms with van der Waals surface area (Å²) in [5.41, 5.74) is 3.33. The fourth-order valence-electron chi connectivity index (χ4n) is 5.88. The van der Waals surface area contributed by atoms with Crippen molar-refractivity contribution in [2.45, 2.75) is 18.6 Å². The molecule has 3 aliphatic rings. The van der Waals surface area contributed by atoms with E-state index >= 15 is 0 Å². The molecule has 3 aromatic rings. The molecule has 8 heteroatoms. The molecule has 3 amide bonds. The third-order valence-corrected chi connectivity index (χ3v) is 7.68. The van der Waals surface area contributed by atoms with Crippen LogP contribution < -0.4 is 14.8 Å². The van der Waals surface area contributed by atoms with Gasteiger partial charge in [0.25, 0.3) is 0 Å². The Balaban J connectivity index is 1.35. The van der Waals surface area contributed by atoms with E-state index in [1.807, 2.05) is 53.6 Å². The van der Waals surface area contributed by atoms with Gasteiger partial charge in [0.05, 0.1) is 38.6 Å². The van der Waals surface area contributed by atoms with Gasteiger partial charge in [-0.25, -0.2) is 0 Å².